The zero-order valence-electron chi connectivity index (χ0n) is 18.2. The first-order chi connectivity index (χ1) is 14.7. The van der Waals surface area contributed by atoms with E-state index in [1.54, 1.807) is 33.8 Å². The number of rotatable bonds is 4. The van der Waals surface area contributed by atoms with Gasteiger partial charge in [0.2, 0.25) is 0 Å². The lowest BCUT2D eigenvalue weighted by molar-refractivity contribution is -0.158. The molecule has 0 atom stereocenters. The second-order valence-corrected chi connectivity index (χ2v) is 8.46. The van der Waals surface area contributed by atoms with Crippen LogP contribution in [0.3, 0.4) is 0 Å². The first-order valence-electron chi connectivity index (χ1n) is 9.90. The van der Waals surface area contributed by atoms with E-state index < -0.39 is 40.4 Å². The van der Waals surface area contributed by atoms with E-state index in [9.17, 15) is 27.5 Å². The Labute approximate surface area is 182 Å². The van der Waals surface area contributed by atoms with Crippen LogP contribution in [0.15, 0.2) is 36.2 Å². The van der Waals surface area contributed by atoms with Crippen molar-refractivity contribution in [2.75, 3.05) is 0 Å². The maximum absolute atomic E-state index is 14.2. The molecule has 3 rings (SSSR count). The summed E-state index contributed by atoms with van der Waals surface area (Å²) in [6.45, 7) is 8.30. The number of Topliss-reactive ketones (excluding diaryl/α,β-unsaturated/α-hetero) is 1. The monoisotopic (exact) mass is 453 g/mol. The lowest BCUT2D eigenvalue weighted by atomic mass is 9.81. The molecular formula is C23H23F4NO4. The van der Waals surface area contributed by atoms with Crippen molar-refractivity contribution >= 4 is 11.4 Å². The van der Waals surface area contributed by atoms with Gasteiger partial charge >= 0.3 is 6.18 Å². The summed E-state index contributed by atoms with van der Waals surface area (Å²) in [5.41, 5.74) is -2.47. The zero-order chi connectivity index (χ0) is 24.1. The number of aliphatic hydroxyl groups excluding tert-OH is 1. The van der Waals surface area contributed by atoms with Gasteiger partial charge < -0.3 is 14.6 Å². The largest absolute Gasteiger partial charge is 0.508 e. The highest BCUT2D eigenvalue weighted by atomic mass is 19.4. The molecule has 0 radical (unpaired) electrons. The van der Waals surface area contributed by atoms with Crippen LogP contribution in [0.4, 0.5) is 17.6 Å². The fraction of sp³-hybridized carbons (Fsp3) is 0.391. The summed E-state index contributed by atoms with van der Waals surface area (Å²) >= 11 is 0. The van der Waals surface area contributed by atoms with Crippen LogP contribution in [0.2, 0.25) is 0 Å². The zero-order valence-corrected chi connectivity index (χ0v) is 18.2. The molecule has 0 amide bonds. The number of aryl methyl sites for hydroxylation is 1. The Morgan fingerprint density at radius 3 is 2.34 bits per heavy atom. The Kier molecular flexibility index (Phi) is 5.84. The number of ketones is 1. The summed E-state index contributed by atoms with van der Waals surface area (Å²) in [6, 6.07) is 4.85. The highest BCUT2D eigenvalue weighted by molar-refractivity contribution is 6.26. The molecule has 1 aromatic heterocycles. The first-order valence-corrected chi connectivity index (χ1v) is 9.90. The summed E-state index contributed by atoms with van der Waals surface area (Å²) in [4.78, 5) is 16.5. The van der Waals surface area contributed by atoms with Gasteiger partial charge in [-0.05, 0) is 63.4 Å². The quantitative estimate of drug-likeness (QED) is 0.574. The number of nitrogens with zero attached hydrogens (tertiary/aromatic N) is 1. The van der Waals surface area contributed by atoms with Crippen LogP contribution in [-0.2, 0) is 22.1 Å². The Morgan fingerprint density at radius 1 is 1.12 bits per heavy atom. The molecule has 1 aromatic carbocycles. The molecule has 0 aliphatic carbocycles. The second kappa shape index (κ2) is 7.88. The molecule has 0 bridgehead atoms. The van der Waals surface area contributed by atoms with Crippen molar-refractivity contribution in [1.29, 1.82) is 0 Å². The summed E-state index contributed by atoms with van der Waals surface area (Å²) in [5.74, 6) is -2.59. The summed E-state index contributed by atoms with van der Waals surface area (Å²) in [5, 5.41) is 10.8. The molecular weight excluding hydrogens is 430 g/mol. The van der Waals surface area contributed by atoms with Gasteiger partial charge in [-0.25, -0.2) is 9.37 Å². The minimum atomic E-state index is -4.74. The number of carbonyl (C=O) groups excluding carboxylic acids is 1. The smallest absolute Gasteiger partial charge is 0.417 e. The number of ether oxygens (including phenoxy) is 2. The van der Waals surface area contributed by atoms with Gasteiger partial charge in [0.1, 0.15) is 22.7 Å². The normalized spacial score (nSPS) is 18.1. The van der Waals surface area contributed by atoms with Crippen LogP contribution in [0.25, 0.3) is 5.57 Å². The van der Waals surface area contributed by atoms with Crippen molar-refractivity contribution in [1.82, 2.24) is 4.98 Å². The van der Waals surface area contributed by atoms with Crippen LogP contribution >= 0.6 is 0 Å². The molecule has 0 spiro atoms. The average Bonchev–Trinajstić information content (AvgIpc) is 2.67. The van der Waals surface area contributed by atoms with Gasteiger partial charge in [-0.15, -0.1) is 0 Å². The Bertz CT molecular complexity index is 1100. The molecule has 0 unspecified atom stereocenters. The van der Waals surface area contributed by atoms with Crippen LogP contribution in [0.1, 0.15) is 51.3 Å². The summed E-state index contributed by atoms with van der Waals surface area (Å²) in [6.07, 6.45) is -3.76. The van der Waals surface area contributed by atoms with Gasteiger partial charge in [-0.1, -0.05) is 13.0 Å². The van der Waals surface area contributed by atoms with Gasteiger partial charge in [0.05, 0.1) is 11.1 Å². The highest BCUT2D eigenvalue weighted by Gasteiger charge is 2.47. The Hall–Kier alpha value is -2.94. The third-order valence-corrected chi connectivity index (χ3v) is 5.17. The maximum Gasteiger partial charge on any atom is 0.417 e. The van der Waals surface area contributed by atoms with E-state index in [1.807, 2.05) is 6.92 Å². The van der Waals surface area contributed by atoms with Crippen molar-refractivity contribution in [2.24, 2.45) is 0 Å². The van der Waals surface area contributed by atoms with E-state index in [2.05, 4.69) is 4.98 Å². The molecule has 0 saturated carbocycles. The predicted molar refractivity (Wildman–Crippen MR) is 109 cm³/mol. The fourth-order valence-corrected chi connectivity index (χ4v) is 3.62. The SMILES string of the molecule is CCc1ccc(Oc2ncc(C(F)(F)F)cc2F)cc1C1=C(O)C(C)(C)OC(C)(C)C1=O. The Morgan fingerprint density at radius 2 is 1.78 bits per heavy atom. The number of carbonyl (C=O) groups is 1. The van der Waals surface area contributed by atoms with Crippen LogP contribution in [0, 0.1) is 5.82 Å². The summed E-state index contributed by atoms with van der Waals surface area (Å²) in [7, 11) is 0. The third-order valence-electron chi connectivity index (χ3n) is 5.17. The van der Waals surface area contributed by atoms with Crippen molar-refractivity contribution in [3.8, 4) is 11.6 Å². The molecule has 0 saturated heterocycles. The number of aromatic nitrogens is 1. The van der Waals surface area contributed by atoms with Crippen LogP contribution in [-0.4, -0.2) is 27.1 Å². The molecule has 2 heterocycles. The van der Waals surface area contributed by atoms with Crippen molar-refractivity contribution in [2.45, 2.75) is 58.4 Å². The van der Waals surface area contributed by atoms with Gasteiger partial charge in [-0.2, -0.15) is 13.2 Å². The molecule has 1 aliphatic rings. The van der Waals surface area contributed by atoms with Gasteiger partial charge in [0.25, 0.3) is 5.88 Å². The molecule has 1 N–H and O–H groups in total. The lowest BCUT2D eigenvalue weighted by Gasteiger charge is -2.40. The fourth-order valence-electron chi connectivity index (χ4n) is 3.62. The number of alkyl halides is 3. The summed E-state index contributed by atoms with van der Waals surface area (Å²) < 4.78 is 63.6. The van der Waals surface area contributed by atoms with Gasteiger partial charge in [-0.3, -0.25) is 4.79 Å². The highest BCUT2D eigenvalue weighted by Crippen LogP contribution is 2.42. The van der Waals surface area contributed by atoms with Crippen molar-refractivity contribution in [3.05, 3.63) is 58.7 Å². The number of hydrogen-bond donors (Lipinski definition) is 1. The first kappa shape index (κ1) is 23.7. The predicted octanol–water partition coefficient (Wildman–Crippen LogP) is 6.02. The third kappa shape index (κ3) is 4.34. The molecule has 0 fully saturated rings. The average molecular weight is 453 g/mol. The molecule has 172 valence electrons. The molecule has 1 aliphatic heterocycles. The van der Waals surface area contributed by atoms with Crippen molar-refractivity contribution in [3.63, 3.8) is 0 Å². The van der Waals surface area contributed by atoms with Crippen molar-refractivity contribution < 1.29 is 36.9 Å². The number of halogens is 4. The minimum absolute atomic E-state index is 0.0403. The standard InChI is InChI=1S/C23H23F4NO4/c1-6-12-7-8-14(31-20-16(24)9-13(11-28-20)23(25,26)27)10-15(12)17-18(29)21(2,3)32-22(4,5)19(17)30/h7-11,29H,6H2,1-5H3. The second-order valence-electron chi connectivity index (χ2n) is 8.46. The van der Waals surface area contributed by atoms with Gasteiger partial charge in [0, 0.05) is 6.20 Å². The van der Waals surface area contributed by atoms with Gasteiger partial charge in [0.15, 0.2) is 11.6 Å². The maximum atomic E-state index is 14.2. The number of hydrogen-bond acceptors (Lipinski definition) is 5. The van der Waals surface area contributed by atoms with E-state index in [4.69, 9.17) is 9.47 Å². The van der Waals surface area contributed by atoms with E-state index in [0.717, 1.165) is 0 Å². The van der Waals surface area contributed by atoms with Crippen LogP contribution < -0.4 is 4.74 Å². The minimum Gasteiger partial charge on any atom is -0.508 e. The number of aliphatic hydroxyl groups is 1. The van der Waals surface area contributed by atoms with E-state index in [-0.39, 0.29) is 17.1 Å². The molecule has 5 nitrogen and oxygen atoms in total. The number of benzene rings is 1. The molecule has 9 heteroatoms. The molecule has 2 aromatic rings. The van der Waals surface area contributed by atoms with E-state index in [1.165, 1.54) is 12.1 Å². The number of pyridine rings is 1. The Balaban J connectivity index is 2.08. The lowest BCUT2D eigenvalue weighted by Crippen LogP contribution is -2.49. The topological polar surface area (TPSA) is 68.7 Å². The van der Waals surface area contributed by atoms with E-state index >= 15 is 0 Å². The molecule has 32 heavy (non-hydrogen) atoms. The van der Waals surface area contributed by atoms with Crippen LogP contribution in [0.5, 0.6) is 11.6 Å². The van der Waals surface area contributed by atoms with E-state index in [0.29, 0.717) is 29.8 Å².